The summed E-state index contributed by atoms with van der Waals surface area (Å²) in [6.07, 6.45) is 0.371. The van der Waals surface area contributed by atoms with E-state index in [1.54, 1.807) is 31.2 Å². The van der Waals surface area contributed by atoms with Crippen LogP contribution in [0.5, 0.6) is 0 Å². The zero-order valence-corrected chi connectivity index (χ0v) is 16.0. The summed E-state index contributed by atoms with van der Waals surface area (Å²) in [5.74, 6) is -0.739. The van der Waals surface area contributed by atoms with Crippen molar-refractivity contribution in [3.8, 4) is 0 Å². The molecule has 1 aliphatic heterocycles. The van der Waals surface area contributed by atoms with Crippen LogP contribution in [0.3, 0.4) is 0 Å². The average molecular weight is 374 g/mol. The van der Waals surface area contributed by atoms with Gasteiger partial charge in [-0.2, -0.15) is 0 Å². The Bertz CT molecular complexity index is 809. The van der Waals surface area contributed by atoms with Gasteiger partial charge in [-0.15, -0.1) is 0 Å². The Kier molecular flexibility index (Phi) is 4.52. The fourth-order valence-corrected chi connectivity index (χ4v) is 3.72. The highest BCUT2D eigenvalue weighted by atomic mass is 16.5. The summed E-state index contributed by atoms with van der Waals surface area (Å²) in [6.45, 7) is 7.94. The summed E-state index contributed by atoms with van der Waals surface area (Å²) in [5.41, 5.74) is 4.74. The first-order chi connectivity index (χ1) is 12.5. The number of anilines is 1. The molecule has 0 radical (unpaired) electrons. The summed E-state index contributed by atoms with van der Waals surface area (Å²) in [7, 11) is 0. The van der Waals surface area contributed by atoms with Crippen molar-refractivity contribution in [2.24, 2.45) is 11.1 Å². The smallest absolute Gasteiger partial charge is 0.322 e. The zero-order valence-electron chi connectivity index (χ0n) is 16.0. The van der Waals surface area contributed by atoms with E-state index in [-0.39, 0.29) is 12.0 Å². The number of hydrogen-bond donors (Lipinski definition) is 4. The number of rotatable bonds is 5. The number of ether oxygens (including phenoxy) is 1. The Labute approximate surface area is 158 Å². The number of nitrogens with one attached hydrogen (secondary N) is 3. The topological polar surface area (TPSA) is 123 Å². The summed E-state index contributed by atoms with van der Waals surface area (Å²) in [4.78, 5) is 36.5. The number of imide groups is 1. The first kappa shape index (κ1) is 19.3. The number of amides is 4. The van der Waals surface area contributed by atoms with Crippen LogP contribution in [-0.2, 0) is 19.9 Å². The molecule has 1 aliphatic carbocycles. The molecule has 1 saturated heterocycles. The van der Waals surface area contributed by atoms with E-state index in [0.29, 0.717) is 24.3 Å². The molecule has 2 aliphatic rings. The van der Waals surface area contributed by atoms with Gasteiger partial charge in [0.05, 0.1) is 6.10 Å². The Morgan fingerprint density at radius 2 is 2.04 bits per heavy atom. The molecule has 3 rings (SSSR count). The van der Waals surface area contributed by atoms with Crippen molar-refractivity contribution >= 4 is 23.5 Å². The maximum atomic E-state index is 12.9. The van der Waals surface area contributed by atoms with Crippen LogP contribution in [0.25, 0.3) is 0 Å². The molecule has 0 aromatic heterocycles. The minimum atomic E-state index is -1.19. The fraction of sp³-hybridized carbons (Fsp3) is 0.526. The molecule has 1 heterocycles. The number of nitrogens with two attached hydrogens (primary N) is 1. The second-order valence-corrected chi connectivity index (χ2v) is 7.91. The van der Waals surface area contributed by atoms with Crippen LogP contribution < -0.4 is 21.7 Å². The van der Waals surface area contributed by atoms with E-state index in [9.17, 15) is 14.4 Å². The van der Waals surface area contributed by atoms with Crippen LogP contribution in [0.4, 0.5) is 10.5 Å². The molecule has 2 fully saturated rings. The van der Waals surface area contributed by atoms with E-state index >= 15 is 0 Å². The molecule has 146 valence electrons. The molecule has 0 spiro atoms. The quantitative estimate of drug-likeness (QED) is 0.577. The van der Waals surface area contributed by atoms with Gasteiger partial charge in [0.15, 0.2) is 0 Å². The van der Waals surface area contributed by atoms with Gasteiger partial charge in [0.1, 0.15) is 11.1 Å². The fourth-order valence-electron chi connectivity index (χ4n) is 3.72. The van der Waals surface area contributed by atoms with Crippen LogP contribution in [0, 0.1) is 5.41 Å². The second-order valence-electron chi connectivity index (χ2n) is 7.91. The molecule has 8 nitrogen and oxygen atoms in total. The monoisotopic (exact) mass is 374 g/mol. The van der Waals surface area contributed by atoms with E-state index in [0.717, 1.165) is 0 Å². The molecule has 3 atom stereocenters. The summed E-state index contributed by atoms with van der Waals surface area (Å²) in [6, 6.07) is 6.27. The maximum absolute atomic E-state index is 12.9. The molecule has 5 N–H and O–H groups in total. The third-order valence-corrected chi connectivity index (χ3v) is 5.98. The van der Waals surface area contributed by atoms with Crippen molar-refractivity contribution in [2.75, 3.05) is 11.9 Å². The molecular weight excluding hydrogens is 348 g/mol. The van der Waals surface area contributed by atoms with Gasteiger partial charge in [-0.05, 0) is 31.5 Å². The van der Waals surface area contributed by atoms with Gasteiger partial charge in [0, 0.05) is 24.1 Å². The Balaban J connectivity index is 1.79. The lowest BCUT2D eigenvalue weighted by molar-refractivity contribution is -0.166. The molecular formula is C19H26N4O4. The van der Waals surface area contributed by atoms with Gasteiger partial charge < -0.3 is 21.1 Å². The lowest BCUT2D eigenvalue weighted by Gasteiger charge is -2.57. The molecule has 8 heteroatoms. The predicted octanol–water partition coefficient (Wildman–Crippen LogP) is 1.21. The number of urea groups is 1. The van der Waals surface area contributed by atoms with E-state index in [1.807, 2.05) is 20.8 Å². The number of hydrogen-bond acceptors (Lipinski definition) is 5. The first-order valence-electron chi connectivity index (χ1n) is 9.00. The van der Waals surface area contributed by atoms with E-state index in [1.165, 1.54) is 0 Å². The Hall–Kier alpha value is -2.45. The van der Waals surface area contributed by atoms with E-state index < -0.39 is 28.4 Å². The molecule has 4 amide bonds. The minimum Gasteiger partial charge on any atom is -0.378 e. The van der Waals surface area contributed by atoms with Crippen LogP contribution >= 0.6 is 0 Å². The van der Waals surface area contributed by atoms with Crippen LogP contribution in [0.15, 0.2) is 24.3 Å². The predicted molar refractivity (Wildman–Crippen MR) is 99.8 cm³/mol. The molecule has 3 unspecified atom stereocenters. The van der Waals surface area contributed by atoms with Crippen molar-refractivity contribution in [3.05, 3.63) is 29.8 Å². The standard InChI is InChI=1S/C19H26N4O4/c1-5-27-13-10-19(20,17(13,2)3)15(25)21-12-8-6-7-11(9-12)18(4)14(24)22-16(26)23-18/h6-9,13H,5,10,20H2,1-4H3,(H,21,25)(H2,22,23,24,26). The van der Waals surface area contributed by atoms with Crippen LogP contribution in [-0.4, -0.2) is 36.1 Å². The lowest BCUT2D eigenvalue weighted by atomic mass is 9.54. The SMILES string of the molecule is CCOC1CC(N)(C(=O)Nc2cccc(C3(C)NC(=O)NC3=O)c2)C1(C)C. The normalized spacial score (nSPS) is 31.7. The molecule has 0 bridgehead atoms. The van der Waals surface area contributed by atoms with Gasteiger partial charge in [-0.25, -0.2) is 4.79 Å². The largest absolute Gasteiger partial charge is 0.378 e. The van der Waals surface area contributed by atoms with Crippen molar-refractivity contribution < 1.29 is 19.1 Å². The van der Waals surface area contributed by atoms with Gasteiger partial charge in [0.2, 0.25) is 5.91 Å². The number of carbonyl (C=O) groups is 3. The van der Waals surface area contributed by atoms with E-state index in [2.05, 4.69) is 16.0 Å². The molecule has 1 aromatic carbocycles. The Morgan fingerprint density at radius 1 is 1.33 bits per heavy atom. The average Bonchev–Trinajstić information content (AvgIpc) is 2.87. The molecule has 27 heavy (non-hydrogen) atoms. The molecule has 1 aromatic rings. The van der Waals surface area contributed by atoms with Gasteiger partial charge in [0.25, 0.3) is 5.91 Å². The highest BCUT2D eigenvalue weighted by molar-refractivity contribution is 6.07. The number of benzene rings is 1. The number of carbonyl (C=O) groups excluding carboxylic acids is 3. The lowest BCUT2D eigenvalue weighted by Crippen LogP contribution is -2.74. The third kappa shape index (κ3) is 2.89. The minimum absolute atomic E-state index is 0.0686. The zero-order chi connectivity index (χ0) is 20.0. The van der Waals surface area contributed by atoms with Crippen LogP contribution in [0.2, 0.25) is 0 Å². The first-order valence-corrected chi connectivity index (χ1v) is 9.00. The Morgan fingerprint density at radius 3 is 2.59 bits per heavy atom. The summed E-state index contributed by atoms with van der Waals surface area (Å²) >= 11 is 0. The summed E-state index contributed by atoms with van der Waals surface area (Å²) < 4.78 is 5.67. The van der Waals surface area contributed by atoms with Crippen molar-refractivity contribution in [1.82, 2.24) is 10.6 Å². The van der Waals surface area contributed by atoms with Gasteiger partial charge in [-0.3, -0.25) is 14.9 Å². The van der Waals surface area contributed by atoms with Crippen molar-refractivity contribution in [3.63, 3.8) is 0 Å². The van der Waals surface area contributed by atoms with Crippen molar-refractivity contribution in [1.29, 1.82) is 0 Å². The van der Waals surface area contributed by atoms with Crippen molar-refractivity contribution in [2.45, 2.75) is 51.3 Å². The maximum Gasteiger partial charge on any atom is 0.322 e. The highest BCUT2D eigenvalue weighted by Crippen LogP contribution is 2.50. The van der Waals surface area contributed by atoms with Gasteiger partial charge >= 0.3 is 6.03 Å². The van der Waals surface area contributed by atoms with Gasteiger partial charge in [-0.1, -0.05) is 26.0 Å². The molecule has 1 saturated carbocycles. The van der Waals surface area contributed by atoms with Crippen LogP contribution in [0.1, 0.15) is 39.7 Å². The summed E-state index contributed by atoms with van der Waals surface area (Å²) in [5, 5.41) is 7.68. The second kappa shape index (κ2) is 6.31. The van der Waals surface area contributed by atoms with E-state index in [4.69, 9.17) is 10.5 Å². The highest BCUT2D eigenvalue weighted by Gasteiger charge is 2.62. The third-order valence-electron chi connectivity index (χ3n) is 5.98.